The third-order valence-corrected chi connectivity index (χ3v) is 4.69. The van der Waals surface area contributed by atoms with Crippen LogP contribution in [0.2, 0.25) is 0 Å². The molecule has 0 radical (unpaired) electrons. The van der Waals surface area contributed by atoms with E-state index in [1.54, 1.807) is 48.5 Å². The predicted molar refractivity (Wildman–Crippen MR) is 95.7 cm³/mol. The van der Waals surface area contributed by atoms with Crippen LogP contribution < -0.4 is 9.05 Å². The molecule has 2 aromatic carbocycles. The third-order valence-electron chi connectivity index (χ3n) is 2.33. The minimum Gasteiger partial charge on any atom is -0.424 e. The summed E-state index contributed by atoms with van der Waals surface area (Å²) in [6, 6.07) is 13.3. The van der Waals surface area contributed by atoms with Gasteiger partial charge < -0.3 is 28.6 Å². The molecule has 0 heterocycles. The summed E-state index contributed by atoms with van der Waals surface area (Å²) in [4.78, 5) is 38.1. The summed E-state index contributed by atoms with van der Waals surface area (Å²) in [5.74, 6) is 0.561. The zero-order valence-corrected chi connectivity index (χ0v) is 15.6. The first-order chi connectivity index (χ1) is 10.6. The molecular formula is C12H12O6P2S3. The molecule has 0 aliphatic rings. The monoisotopic (exact) mass is 410 g/mol. The minimum atomic E-state index is -3.73. The Hall–Kier alpha value is -0.470. The van der Waals surface area contributed by atoms with Crippen LogP contribution in [0.4, 0.5) is 0 Å². The smallest absolute Gasteiger partial charge is 0.375 e. The Morgan fingerprint density at radius 3 is 1.22 bits per heavy atom. The van der Waals surface area contributed by atoms with E-state index in [2.05, 4.69) is 23.6 Å². The summed E-state index contributed by atoms with van der Waals surface area (Å²) in [6.07, 6.45) is 0. The topological polar surface area (TPSA) is 99.4 Å². The molecule has 0 aromatic heterocycles. The van der Waals surface area contributed by atoms with E-state index in [1.807, 2.05) is 0 Å². The number of hydrogen-bond acceptors (Lipinski definition) is 5. The largest absolute Gasteiger partial charge is 0.424 e. The Kier molecular flexibility index (Phi) is 6.24. The number of rotatable bonds is 6. The van der Waals surface area contributed by atoms with Gasteiger partial charge in [-0.1, -0.05) is 11.8 Å². The second-order valence-corrected chi connectivity index (χ2v) is 10.5. The normalized spacial score (nSPS) is 12.0. The van der Waals surface area contributed by atoms with Crippen molar-refractivity contribution in [3.63, 3.8) is 0 Å². The van der Waals surface area contributed by atoms with Gasteiger partial charge in [0.15, 0.2) is 0 Å². The predicted octanol–water partition coefficient (Wildman–Crippen LogP) is 3.01. The lowest BCUT2D eigenvalue weighted by molar-refractivity contribution is 0.369. The highest BCUT2D eigenvalue weighted by Gasteiger charge is 2.11. The van der Waals surface area contributed by atoms with Gasteiger partial charge in [0, 0.05) is 33.4 Å². The van der Waals surface area contributed by atoms with Crippen molar-refractivity contribution in [1.82, 2.24) is 0 Å². The molecule has 0 amide bonds. The molecule has 6 nitrogen and oxygen atoms in total. The molecule has 0 aliphatic heterocycles. The van der Waals surface area contributed by atoms with Gasteiger partial charge in [-0.15, -0.1) is 0 Å². The van der Waals surface area contributed by atoms with Gasteiger partial charge in [0.05, 0.1) is 0 Å². The first kappa shape index (κ1) is 18.9. The Morgan fingerprint density at radius 2 is 0.957 bits per heavy atom. The van der Waals surface area contributed by atoms with Gasteiger partial charge in [-0.25, -0.2) is 0 Å². The van der Waals surface area contributed by atoms with Crippen LogP contribution in [0.5, 0.6) is 11.5 Å². The van der Waals surface area contributed by atoms with Gasteiger partial charge in [0.25, 0.3) is 0 Å². The first-order valence-electron chi connectivity index (χ1n) is 5.99. The highest BCUT2D eigenvalue weighted by Crippen LogP contribution is 2.40. The molecule has 2 rings (SSSR count). The van der Waals surface area contributed by atoms with Crippen LogP contribution >= 0.6 is 25.2 Å². The van der Waals surface area contributed by atoms with E-state index in [4.69, 9.17) is 28.6 Å². The fraction of sp³-hybridized carbons (Fsp3) is 0. The molecular weight excluding hydrogens is 398 g/mol. The number of benzene rings is 2. The molecule has 0 fully saturated rings. The Labute approximate surface area is 147 Å². The number of hydrogen-bond donors (Lipinski definition) is 4. The maximum Gasteiger partial charge on any atom is 0.375 e. The molecule has 0 spiro atoms. The second kappa shape index (κ2) is 7.61. The fourth-order valence-corrected chi connectivity index (χ4v) is 3.67. The van der Waals surface area contributed by atoms with Crippen molar-refractivity contribution >= 4 is 48.8 Å². The van der Waals surface area contributed by atoms with Gasteiger partial charge in [-0.2, -0.15) is 0 Å². The van der Waals surface area contributed by atoms with Crippen LogP contribution in [0, 0.1) is 0 Å². The van der Waals surface area contributed by atoms with Crippen molar-refractivity contribution in [2.75, 3.05) is 0 Å². The Balaban J connectivity index is 2.02. The SMILES string of the molecule is OP(O)(=S)Oc1ccc(Sc2ccc(OP(O)(O)=S)cc2)cc1. The summed E-state index contributed by atoms with van der Waals surface area (Å²) in [5.41, 5.74) is 0. The molecule has 11 heteroatoms. The fourth-order valence-electron chi connectivity index (χ4n) is 1.55. The van der Waals surface area contributed by atoms with Crippen LogP contribution in [-0.2, 0) is 23.6 Å². The van der Waals surface area contributed by atoms with E-state index in [-0.39, 0.29) is 11.5 Å². The van der Waals surface area contributed by atoms with Gasteiger partial charge in [0.1, 0.15) is 11.5 Å². The summed E-state index contributed by atoms with van der Waals surface area (Å²) in [7, 11) is 0. The molecule has 124 valence electrons. The molecule has 23 heavy (non-hydrogen) atoms. The van der Waals surface area contributed by atoms with Crippen LogP contribution in [-0.4, -0.2) is 19.6 Å². The lowest BCUT2D eigenvalue weighted by Gasteiger charge is -2.11. The van der Waals surface area contributed by atoms with Crippen molar-refractivity contribution in [2.24, 2.45) is 0 Å². The van der Waals surface area contributed by atoms with E-state index in [9.17, 15) is 0 Å². The van der Waals surface area contributed by atoms with Crippen LogP contribution in [0.15, 0.2) is 58.3 Å². The van der Waals surface area contributed by atoms with Gasteiger partial charge >= 0.3 is 13.4 Å². The Bertz CT molecular complexity index is 688. The van der Waals surface area contributed by atoms with Gasteiger partial charge in [0.2, 0.25) is 0 Å². The standard InChI is InChI=1S/C12H12O6P2S3/c13-19(14,21)17-9-1-5-11(6-2-9)23-12-7-3-10(4-8-12)18-20(15,16)22/h1-8H,(H2,13,14,21)(H2,15,16,22). The summed E-state index contributed by atoms with van der Waals surface area (Å²) in [5, 5.41) is 0. The van der Waals surface area contributed by atoms with E-state index in [0.717, 1.165) is 9.79 Å². The molecule has 2 aromatic rings. The lowest BCUT2D eigenvalue weighted by atomic mass is 10.3. The van der Waals surface area contributed by atoms with E-state index in [0.29, 0.717) is 0 Å². The molecule has 0 atom stereocenters. The van der Waals surface area contributed by atoms with E-state index < -0.39 is 13.4 Å². The van der Waals surface area contributed by atoms with Gasteiger partial charge in [-0.05, 0) is 48.5 Å². The maximum absolute atomic E-state index is 9.08. The quantitative estimate of drug-likeness (QED) is 0.536. The van der Waals surface area contributed by atoms with E-state index in [1.165, 1.54) is 11.8 Å². The highest BCUT2D eigenvalue weighted by molar-refractivity contribution is 8.07. The third kappa shape index (κ3) is 7.30. The van der Waals surface area contributed by atoms with Crippen molar-refractivity contribution in [1.29, 1.82) is 0 Å². The molecule has 4 N–H and O–H groups in total. The average Bonchev–Trinajstić information content (AvgIpc) is 2.40. The zero-order valence-electron chi connectivity index (χ0n) is 11.3. The van der Waals surface area contributed by atoms with Crippen LogP contribution in [0.25, 0.3) is 0 Å². The summed E-state index contributed by atoms with van der Waals surface area (Å²) in [6.45, 7) is -7.45. The first-order valence-corrected chi connectivity index (χ1v) is 12.1. The average molecular weight is 410 g/mol. The summed E-state index contributed by atoms with van der Waals surface area (Å²) >= 11 is 10.2. The Morgan fingerprint density at radius 1 is 0.652 bits per heavy atom. The van der Waals surface area contributed by atoms with Crippen molar-refractivity contribution < 1.29 is 28.6 Å². The zero-order chi connectivity index (χ0) is 17.1. The summed E-state index contributed by atoms with van der Waals surface area (Å²) < 4.78 is 9.65. The van der Waals surface area contributed by atoms with Crippen molar-refractivity contribution in [2.45, 2.75) is 9.79 Å². The molecule has 0 aliphatic carbocycles. The minimum absolute atomic E-state index is 0.281. The lowest BCUT2D eigenvalue weighted by Crippen LogP contribution is -1.89. The van der Waals surface area contributed by atoms with Crippen molar-refractivity contribution in [3.8, 4) is 11.5 Å². The molecule has 0 bridgehead atoms. The second-order valence-electron chi connectivity index (χ2n) is 4.21. The van der Waals surface area contributed by atoms with Crippen molar-refractivity contribution in [3.05, 3.63) is 48.5 Å². The highest BCUT2D eigenvalue weighted by atomic mass is 32.5. The molecule has 0 saturated heterocycles. The van der Waals surface area contributed by atoms with Gasteiger partial charge in [-0.3, -0.25) is 0 Å². The molecule has 0 unspecified atom stereocenters. The maximum atomic E-state index is 9.08. The van der Waals surface area contributed by atoms with Crippen LogP contribution in [0.1, 0.15) is 0 Å². The molecule has 0 saturated carbocycles. The van der Waals surface area contributed by atoms with E-state index >= 15 is 0 Å². The van der Waals surface area contributed by atoms with Crippen LogP contribution in [0.3, 0.4) is 0 Å².